The first-order chi connectivity index (χ1) is 21.9. The van der Waals surface area contributed by atoms with Gasteiger partial charge in [-0.1, -0.05) is 48.0 Å². The number of carbonyl (C=O) groups excluding carboxylic acids is 6. The van der Waals surface area contributed by atoms with Crippen molar-refractivity contribution in [2.24, 2.45) is 0 Å². The molecule has 2 aromatic rings. The van der Waals surface area contributed by atoms with Crippen LogP contribution in [-0.2, 0) is 19.2 Å². The van der Waals surface area contributed by atoms with Crippen LogP contribution in [0.15, 0.2) is 58.3 Å². The summed E-state index contributed by atoms with van der Waals surface area (Å²) in [6, 6.07) is 9.52. The van der Waals surface area contributed by atoms with Crippen molar-refractivity contribution >= 4 is 92.0 Å². The number of halogens is 2. The van der Waals surface area contributed by atoms with Crippen LogP contribution in [0.5, 0.6) is 0 Å². The second-order valence-electron chi connectivity index (χ2n) is 9.53. The molecule has 2 heterocycles. The first-order valence-corrected chi connectivity index (χ1v) is 15.9. The van der Waals surface area contributed by atoms with Crippen LogP contribution in [0, 0.1) is 11.6 Å². The molecule has 46 heavy (non-hydrogen) atoms. The molecule has 2 aromatic carbocycles. The molecule has 0 radical (unpaired) electrons. The summed E-state index contributed by atoms with van der Waals surface area (Å²) in [5.41, 5.74) is 9.26. The van der Waals surface area contributed by atoms with Gasteiger partial charge in [0.1, 0.15) is 20.3 Å². The van der Waals surface area contributed by atoms with Crippen molar-refractivity contribution < 1.29 is 37.5 Å². The van der Waals surface area contributed by atoms with E-state index in [9.17, 15) is 37.5 Å². The maximum absolute atomic E-state index is 13.1. The second kappa shape index (κ2) is 15.8. The zero-order chi connectivity index (χ0) is 33.4. The number of nitrogens with one attached hydrogen (secondary N) is 4. The van der Waals surface area contributed by atoms with Gasteiger partial charge in [-0.15, -0.1) is 0 Å². The highest BCUT2D eigenvalue weighted by atomic mass is 32.2. The van der Waals surface area contributed by atoms with E-state index in [2.05, 4.69) is 21.7 Å². The molecule has 6 amide bonds. The Morgan fingerprint density at radius 3 is 1.30 bits per heavy atom. The van der Waals surface area contributed by atoms with Crippen LogP contribution < -0.4 is 21.7 Å². The lowest BCUT2D eigenvalue weighted by Crippen LogP contribution is -2.42. The molecule has 240 valence electrons. The molecule has 0 unspecified atom stereocenters. The Kier molecular flexibility index (Phi) is 11.9. The summed E-state index contributed by atoms with van der Waals surface area (Å²) in [6.45, 7) is 0.168. The molecule has 0 saturated carbocycles. The molecule has 0 bridgehead atoms. The molecule has 18 heteroatoms. The Morgan fingerprint density at radius 1 is 0.609 bits per heavy atom. The molecule has 2 saturated heterocycles. The monoisotopic (exact) mass is 706 g/mol. The second-order valence-corrected chi connectivity index (χ2v) is 12.8. The Balaban J connectivity index is 1.20. The molecule has 2 fully saturated rings. The van der Waals surface area contributed by atoms with Crippen LogP contribution in [0.25, 0.3) is 0 Å². The van der Waals surface area contributed by atoms with Crippen molar-refractivity contribution in [1.29, 1.82) is 0 Å². The quantitative estimate of drug-likeness (QED) is 0.165. The lowest BCUT2D eigenvalue weighted by molar-refractivity contribution is -0.125. The van der Waals surface area contributed by atoms with E-state index in [1.165, 1.54) is 34.1 Å². The number of carbonyl (C=O) groups is 6. The number of rotatable bonds is 10. The molecular formula is C28H24F2N6O6S4. The Labute approximate surface area is 280 Å². The van der Waals surface area contributed by atoms with Crippen molar-refractivity contribution in [3.63, 3.8) is 0 Å². The predicted molar refractivity (Wildman–Crippen MR) is 173 cm³/mol. The van der Waals surface area contributed by atoms with Crippen LogP contribution in [0.1, 0.15) is 46.4 Å². The van der Waals surface area contributed by atoms with Crippen LogP contribution in [-0.4, -0.2) is 67.0 Å². The van der Waals surface area contributed by atoms with E-state index in [0.717, 1.165) is 47.8 Å². The van der Waals surface area contributed by atoms with E-state index in [4.69, 9.17) is 24.4 Å². The van der Waals surface area contributed by atoms with Gasteiger partial charge in [0.15, 0.2) is 0 Å². The minimum Gasteiger partial charge on any atom is -0.293 e. The van der Waals surface area contributed by atoms with Crippen LogP contribution >= 0.6 is 48.0 Å². The Hall–Kier alpha value is -4.26. The Morgan fingerprint density at radius 2 is 0.957 bits per heavy atom. The zero-order valence-corrected chi connectivity index (χ0v) is 26.9. The smallest absolute Gasteiger partial charge is 0.269 e. The summed E-state index contributed by atoms with van der Waals surface area (Å²) in [5, 5.41) is 0. The number of benzene rings is 2. The van der Waals surface area contributed by atoms with Gasteiger partial charge in [0.25, 0.3) is 23.6 Å². The zero-order valence-electron chi connectivity index (χ0n) is 23.6. The third kappa shape index (κ3) is 8.93. The fourth-order valence-corrected chi connectivity index (χ4v) is 6.75. The summed E-state index contributed by atoms with van der Waals surface area (Å²) in [7, 11) is 0. The standard InChI is InChI=1S/C28H24F2N6O6S4/c29-17-9-5-15(6-10-17)23(39)33-31-19(37)3-1-13-35-25(41)21(45-27(35)43)22-26(42)36(28(44)46-22)14-2-4-20(38)32-34-24(40)16-7-11-18(30)12-8-16/h5-12H,1-4,13-14H2,(H,31,37)(H,32,38)(H,33,39)(H,34,40)/b22-21+. The van der Waals surface area contributed by atoms with Crippen molar-refractivity contribution in [2.75, 3.05) is 13.1 Å². The highest BCUT2D eigenvalue weighted by molar-refractivity contribution is 8.29. The van der Waals surface area contributed by atoms with Gasteiger partial charge in [-0.2, -0.15) is 0 Å². The van der Waals surface area contributed by atoms with E-state index >= 15 is 0 Å². The number of thioether (sulfide) groups is 2. The van der Waals surface area contributed by atoms with Crippen molar-refractivity contribution in [3.8, 4) is 0 Å². The van der Waals surface area contributed by atoms with Gasteiger partial charge in [-0.25, -0.2) is 8.78 Å². The fraction of sp³-hybridized carbons (Fsp3) is 0.214. The summed E-state index contributed by atoms with van der Waals surface area (Å²) >= 11 is 12.5. The summed E-state index contributed by atoms with van der Waals surface area (Å²) < 4.78 is 26.4. The minimum atomic E-state index is -0.627. The fourth-order valence-electron chi connectivity index (χ4n) is 3.98. The summed E-state index contributed by atoms with van der Waals surface area (Å²) in [4.78, 5) is 77.4. The summed E-state index contributed by atoms with van der Waals surface area (Å²) in [6.07, 6.45) is 0.292. The average Bonchev–Trinajstić information content (AvgIpc) is 3.47. The molecular weight excluding hydrogens is 683 g/mol. The van der Waals surface area contributed by atoms with Gasteiger partial charge in [0.2, 0.25) is 11.8 Å². The topological polar surface area (TPSA) is 157 Å². The van der Waals surface area contributed by atoms with Crippen LogP contribution in [0.4, 0.5) is 8.78 Å². The molecule has 4 N–H and O–H groups in total. The molecule has 4 rings (SSSR count). The largest absolute Gasteiger partial charge is 0.293 e. The van der Waals surface area contributed by atoms with Crippen LogP contribution in [0.2, 0.25) is 0 Å². The number of nitrogens with zero attached hydrogens (tertiary/aromatic N) is 2. The number of hydrazine groups is 2. The Bertz CT molecular complexity index is 1520. The lowest BCUT2D eigenvalue weighted by Gasteiger charge is -2.15. The van der Waals surface area contributed by atoms with Crippen molar-refractivity contribution in [1.82, 2.24) is 31.5 Å². The SMILES string of the molecule is O=C(CCCN1C(=O)/C(=C2\SC(=S)N(CCCC(=O)NNC(=O)c3ccc(F)cc3)C2=O)SC1=S)NNC(=O)c1ccc(F)cc1. The normalized spacial score (nSPS) is 16.1. The molecule has 12 nitrogen and oxygen atoms in total. The molecule has 0 atom stereocenters. The molecule has 2 aliphatic heterocycles. The average molecular weight is 707 g/mol. The molecule has 0 aromatic heterocycles. The van der Waals surface area contributed by atoms with E-state index < -0.39 is 47.1 Å². The first kappa shape index (κ1) is 34.6. The van der Waals surface area contributed by atoms with Gasteiger partial charge in [0.05, 0.1) is 9.81 Å². The van der Waals surface area contributed by atoms with Gasteiger partial charge in [0, 0.05) is 37.1 Å². The van der Waals surface area contributed by atoms with E-state index in [-0.39, 0.29) is 68.4 Å². The van der Waals surface area contributed by atoms with Gasteiger partial charge in [-0.05, 0) is 61.4 Å². The van der Waals surface area contributed by atoms with Crippen molar-refractivity contribution in [3.05, 3.63) is 81.1 Å². The third-order valence-corrected chi connectivity index (χ3v) is 9.35. The van der Waals surface area contributed by atoms with Gasteiger partial charge < -0.3 is 0 Å². The third-order valence-electron chi connectivity index (χ3n) is 6.32. The van der Waals surface area contributed by atoms with Gasteiger partial charge in [-0.3, -0.25) is 60.3 Å². The minimum absolute atomic E-state index is 0.0539. The highest BCUT2D eigenvalue weighted by Gasteiger charge is 2.41. The van der Waals surface area contributed by atoms with E-state index in [1.54, 1.807) is 0 Å². The predicted octanol–water partition coefficient (Wildman–Crippen LogP) is 2.68. The van der Waals surface area contributed by atoms with Crippen molar-refractivity contribution in [2.45, 2.75) is 25.7 Å². The van der Waals surface area contributed by atoms with Crippen LogP contribution in [0.3, 0.4) is 0 Å². The summed E-state index contributed by atoms with van der Waals surface area (Å²) in [5.74, 6) is -4.31. The van der Waals surface area contributed by atoms with E-state index in [1.807, 2.05) is 0 Å². The lowest BCUT2D eigenvalue weighted by atomic mass is 10.2. The highest BCUT2D eigenvalue weighted by Crippen LogP contribution is 2.42. The van der Waals surface area contributed by atoms with Gasteiger partial charge >= 0.3 is 0 Å². The number of thiocarbonyl (C=S) groups is 2. The molecule has 0 spiro atoms. The maximum atomic E-state index is 13.1. The number of amides is 6. The van der Waals surface area contributed by atoms with E-state index in [0.29, 0.717) is 0 Å². The maximum Gasteiger partial charge on any atom is 0.269 e. The first-order valence-electron chi connectivity index (χ1n) is 13.5. The number of hydrogen-bond acceptors (Lipinski definition) is 10. The number of hydrogen-bond donors (Lipinski definition) is 4. The molecule has 2 aliphatic rings. The molecule has 0 aliphatic carbocycles.